The fourth-order valence-corrected chi connectivity index (χ4v) is 4.37. The minimum atomic E-state index is -0.495. The third kappa shape index (κ3) is 5.04. The van der Waals surface area contributed by atoms with Crippen LogP contribution in [0, 0.1) is 4.77 Å². The predicted molar refractivity (Wildman–Crippen MR) is 129 cm³/mol. The second-order valence-corrected chi connectivity index (χ2v) is 8.41. The van der Waals surface area contributed by atoms with Crippen LogP contribution in [0.15, 0.2) is 47.3 Å². The smallest absolute Gasteiger partial charge is 0.337 e. The van der Waals surface area contributed by atoms with Crippen molar-refractivity contribution in [3.8, 4) is 5.69 Å². The van der Waals surface area contributed by atoms with E-state index in [4.69, 9.17) is 17.0 Å². The van der Waals surface area contributed by atoms with Gasteiger partial charge in [0.1, 0.15) is 0 Å². The molecular formula is C24H26N4O4S. The lowest BCUT2D eigenvalue weighted by molar-refractivity contribution is 0.0600. The van der Waals surface area contributed by atoms with Crippen molar-refractivity contribution < 1.29 is 14.3 Å². The number of ether oxygens (including phenoxy) is 1. The molecule has 1 amide bonds. The number of esters is 1. The van der Waals surface area contributed by atoms with Crippen LogP contribution in [-0.2, 0) is 4.74 Å². The van der Waals surface area contributed by atoms with E-state index in [1.807, 2.05) is 0 Å². The highest BCUT2D eigenvalue weighted by Gasteiger charge is 2.13. The van der Waals surface area contributed by atoms with E-state index in [-0.39, 0.29) is 16.2 Å². The number of methoxy groups -OCH3 is 1. The highest BCUT2D eigenvalue weighted by atomic mass is 32.1. The monoisotopic (exact) mass is 466 g/mol. The molecule has 2 aromatic carbocycles. The van der Waals surface area contributed by atoms with Crippen LogP contribution in [0.25, 0.3) is 16.6 Å². The number of hydrogen-bond donors (Lipinski definition) is 2. The number of carbonyl (C=O) groups is 2. The minimum absolute atomic E-state index is 0.148. The van der Waals surface area contributed by atoms with Crippen LogP contribution < -0.4 is 10.9 Å². The summed E-state index contributed by atoms with van der Waals surface area (Å²) in [7, 11) is 1.30. The number of H-pyrrole nitrogens is 1. The second-order valence-electron chi connectivity index (χ2n) is 8.03. The zero-order chi connectivity index (χ0) is 23.4. The Hall–Kier alpha value is -3.30. The molecule has 0 bridgehead atoms. The molecule has 1 aromatic heterocycles. The van der Waals surface area contributed by atoms with Crippen LogP contribution in [0.2, 0.25) is 0 Å². The van der Waals surface area contributed by atoms with Crippen molar-refractivity contribution >= 4 is 35.0 Å². The summed E-state index contributed by atoms with van der Waals surface area (Å²) in [5, 5.41) is 3.34. The van der Waals surface area contributed by atoms with Crippen molar-refractivity contribution in [1.82, 2.24) is 19.8 Å². The van der Waals surface area contributed by atoms with Gasteiger partial charge in [-0.25, -0.2) is 4.79 Å². The fourth-order valence-electron chi connectivity index (χ4n) is 4.07. The first-order valence-electron chi connectivity index (χ1n) is 11.0. The van der Waals surface area contributed by atoms with Crippen molar-refractivity contribution in [2.75, 3.05) is 33.3 Å². The molecule has 0 unspecified atom stereocenters. The Morgan fingerprint density at radius 2 is 1.76 bits per heavy atom. The predicted octanol–water partition coefficient (Wildman–Crippen LogP) is 3.05. The standard InChI is InChI=1S/C24H26N4O4S/c1-32-23(31)17-7-10-19-20(15-17)26-24(33)28(22(19)30)18-8-5-16(6-9-18)21(29)25-11-14-27-12-3-2-4-13-27/h5-10,15H,2-4,11-14H2,1H3,(H,25,29)(H,26,33). The average Bonchev–Trinajstić information content (AvgIpc) is 2.84. The first-order chi connectivity index (χ1) is 16.0. The van der Waals surface area contributed by atoms with Crippen molar-refractivity contribution in [3.63, 3.8) is 0 Å². The molecule has 3 aromatic rings. The molecule has 0 radical (unpaired) electrons. The first-order valence-corrected chi connectivity index (χ1v) is 11.4. The summed E-state index contributed by atoms with van der Waals surface area (Å²) in [6, 6.07) is 11.4. The summed E-state index contributed by atoms with van der Waals surface area (Å²) in [6.07, 6.45) is 3.73. The summed E-state index contributed by atoms with van der Waals surface area (Å²) >= 11 is 5.40. The summed E-state index contributed by atoms with van der Waals surface area (Å²) in [6.45, 7) is 3.64. The van der Waals surface area contributed by atoms with Crippen LogP contribution in [-0.4, -0.2) is 59.6 Å². The molecule has 0 aliphatic carbocycles. The van der Waals surface area contributed by atoms with Crippen molar-refractivity contribution in [1.29, 1.82) is 0 Å². The Morgan fingerprint density at radius 1 is 1.06 bits per heavy atom. The Morgan fingerprint density at radius 3 is 2.45 bits per heavy atom. The molecule has 8 nitrogen and oxygen atoms in total. The number of aromatic amines is 1. The summed E-state index contributed by atoms with van der Waals surface area (Å²) < 4.78 is 6.28. The lowest BCUT2D eigenvalue weighted by Crippen LogP contribution is -2.37. The van der Waals surface area contributed by atoms with Gasteiger partial charge in [0.05, 0.1) is 29.3 Å². The molecule has 2 heterocycles. The molecule has 0 atom stereocenters. The maximum absolute atomic E-state index is 13.1. The molecule has 4 rings (SSSR count). The number of benzene rings is 2. The van der Waals surface area contributed by atoms with Crippen LogP contribution in [0.4, 0.5) is 0 Å². The van der Waals surface area contributed by atoms with Crippen molar-refractivity contribution in [2.24, 2.45) is 0 Å². The number of hydrogen-bond acceptors (Lipinski definition) is 6. The van der Waals surface area contributed by atoms with Crippen molar-refractivity contribution in [3.05, 3.63) is 68.7 Å². The van der Waals surface area contributed by atoms with Crippen LogP contribution in [0.5, 0.6) is 0 Å². The summed E-state index contributed by atoms with van der Waals surface area (Å²) in [5.74, 6) is -0.643. The topological polar surface area (TPSA) is 96.4 Å². The quantitative estimate of drug-likeness (QED) is 0.428. The van der Waals surface area contributed by atoms with Gasteiger partial charge in [0.25, 0.3) is 11.5 Å². The molecule has 9 heteroatoms. The number of likely N-dealkylation sites (tertiary alicyclic amines) is 1. The van der Waals surface area contributed by atoms with Gasteiger partial charge in [-0.1, -0.05) is 6.42 Å². The van der Waals surface area contributed by atoms with Gasteiger partial charge in [0, 0.05) is 18.7 Å². The summed E-state index contributed by atoms with van der Waals surface area (Å²) in [5.41, 5.74) is 1.52. The number of carbonyl (C=O) groups excluding carboxylic acids is 2. The van der Waals surface area contributed by atoms with Gasteiger partial charge >= 0.3 is 5.97 Å². The van der Waals surface area contributed by atoms with E-state index in [1.54, 1.807) is 36.4 Å². The number of amides is 1. The Kier molecular flexibility index (Phi) is 7.00. The van der Waals surface area contributed by atoms with E-state index >= 15 is 0 Å². The molecule has 1 aliphatic rings. The van der Waals surface area contributed by atoms with E-state index in [0.717, 1.165) is 19.6 Å². The number of nitrogens with one attached hydrogen (secondary N) is 2. The minimum Gasteiger partial charge on any atom is -0.465 e. The fraction of sp³-hybridized carbons (Fsp3) is 0.333. The summed E-state index contributed by atoms with van der Waals surface area (Å²) in [4.78, 5) is 42.7. The van der Waals surface area contributed by atoms with E-state index < -0.39 is 5.97 Å². The van der Waals surface area contributed by atoms with Gasteiger partial charge in [0.2, 0.25) is 0 Å². The molecule has 0 spiro atoms. The number of nitrogens with zero attached hydrogens (tertiary/aromatic N) is 2. The lowest BCUT2D eigenvalue weighted by atomic mass is 10.1. The molecule has 172 valence electrons. The van der Waals surface area contributed by atoms with Crippen molar-refractivity contribution in [2.45, 2.75) is 19.3 Å². The van der Waals surface area contributed by atoms with E-state index in [9.17, 15) is 14.4 Å². The lowest BCUT2D eigenvalue weighted by Gasteiger charge is -2.26. The largest absolute Gasteiger partial charge is 0.465 e. The molecule has 0 saturated carbocycles. The van der Waals surface area contributed by atoms with Gasteiger partial charge in [0.15, 0.2) is 4.77 Å². The molecule has 1 fully saturated rings. The van der Waals surface area contributed by atoms with Gasteiger partial charge < -0.3 is 19.9 Å². The number of rotatable bonds is 6. The molecule has 33 heavy (non-hydrogen) atoms. The average molecular weight is 467 g/mol. The van der Waals surface area contributed by atoms with Gasteiger partial charge in [-0.15, -0.1) is 0 Å². The highest BCUT2D eigenvalue weighted by molar-refractivity contribution is 7.71. The second kappa shape index (κ2) is 10.1. The van der Waals surface area contributed by atoms with Crippen LogP contribution in [0.1, 0.15) is 40.0 Å². The maximum atomic E-state index is 13.1. The molecule has 2 N–H and O–H groups in total. The highest BCUT2D eigenvalue weighted by Crippen LogP contribution is 2.15. The third-order valence-corrected chi connectivity index (χ3v) is 6.15. The van der Waals surface area contributed by atoms with E-state index in [2.05, 4.69) is 15.2 Å². The van der Waals surface area contributed by atoms with E-state index in [1.165, 1.54) is 37.0 Å². The Balaban J connectivity index is 1.51. The zero-order valence-corrected chi connectivity index (χ0v) is 19.2. The number of piperidine rings is 1. The SMILES string of the molecule is COC(=O)c1ccc2c(=O)n(-c3ccc(C(=O)NCCN4CCCCC4)cc3)c(=S)[nH]c2c1. The van der Waals surface area contributed by atoms with Gasteiger partial charge in [-0.3, -0.25) is 14.2 Å². The van der Waals surface area contributed by atoms with Crippen LogP contribution >= 0.6 is 12.2 Å². The van der Waals surface area contributed by atoms with Gasteiger partial charge in [-0.05, 0) is 80.6 Å². The number of aromatic nitrogens is 2. The zero-order valence-electron chi connectivity index (χ0n) is 18.4. The van der Waals surface area contributed by atoms with E-state index in [0.29, 0.717) is 34.3 Å². The van der Waals surface area contributed by atoms with Gasteiger partial charge in [-0.2, -0.15) is 0 Å². The normalized spacial score (nSPS) is 14.2. The third-order valence-electron chi connectivity index (χ3n) is 5.87. The molecule has 1 saturated heterocycles. The Bertz CT molecular complexity index is 1290. The first kappa shape index (κ1) is 22.9. The number of fused-ring (bicyclic) bond motifs is 1. The maximum Gasteiger partial charge on any atom is 0.337 e. The molecule has 1 aliphatic heterocycles. The van der Waals surface area contributed by atoms with Crippen LogP contribution in [0.3, 0.4) is 0 Å². The Labute approximate surface area is 196 Å². The molecular weight excluding hydrogens is 440 g/mol.